The van der Waals surface area contributed by atoms with Crippen LogP contribution in [-0.2, 0) is 6.54 Å². The Kier molecular flexibility index (Phi) is 4.64. The van der Waals surface area contributed by atoms with E-state index < -0.39 is 0 Å². The van der Waals surface area contributed by atoms with Crippen LogP contribution < -0.4 is 4.87 Å². The zero-order valence-electron chi connectivity index (χ0n) is 15.5. The molecule has 3 nitrogen and oxygen atoms in total. The highest BCUT2D eigenvalue weighted by atomic mass is 32.2. The number of fused-ring (bicyclic) bond motifs is 3. The van der Waals surface area contributed by atoms with Crippen molar-refractivity contribution in [3.05, 3.63) is 50.4 Å². The minimum absolute atomic E-state index is 0.00541. The molecule has 1 aromatic heterocycles. The third-order valence-corrected chi connectivity index (χ3v) is 8.68. The molecule has 1 saturated carbocycles. The molecule has 1 aromatic carbocycles. The molecule has 138 valence electrons. The van der Waals surface area contributed by atoms with Crippen molar-refractivity contribution in [3.63, 3.8) is 0 Å². The van der Waals surface area contributed by atoms with Crippen molar-refractivity contribution in [1.82, 2.24) is 4.57 Å². The second-order valence-electron chi connectivity index (χ2n) is 8.25. The standard InChI is InChI=1S/C21H25NO2S2/c1-13-9-10-16-15(11-13)18-19(26-21(16,2)3)22(20(24)25-18)12-17(23)14-7-5-4-6-8-14/h4-8,13,15-16H,9-12H2,1-3H3/t13-,15-,16-/m0/s1. The lowest BCUT2D eigenvalue weighted by atomic mass is 9.69. The Balaban J connectivity index is 1.72. The highest BCUT2D eigenvalue weighted by molar-refractivity contribution is 8.00. The molecule has 5 heteroatoms. The number of Topliss-reactive ketones (excluding diaryl/α,β-unsaturated/α-hetero) is 1. The first kappa shape index (κ1) is 18.1. The van der Waals surface area contributed by atoms with E-state index in [2.05, 4.69) is 20.8 Å². The van der Waals surface area contributed by atoms with Gasteiger partial charge in [-0.3, -0.25) is 14.2 Å². The van der Waals surface area contributed by atoms with E-state index in [0.717, 1.165) is 11.4 Å². The van der Waals surface area contributed by atoms with E-state index in [1.165, 1.54) is 29.1 Å². The zero-order chi connectivity index (χ0) is 18.5. The number of hydrogen-bond acceptors (Lipinski definition) is 4. The summed E-state index contributed by atoms with van der Waals surface area (Å²) in [6.45, 7) is 7.08. The van der Waals surface area contributed by atoms with Crippen molar-refractivity contribution >= 4 is 28.9 Å². The highest BCUT2D eigenvalue weighted by Gasteiger charge is 2.47. The van der Waals surface area contributed by atoms with Gasteiger partial charge in [0.05, 0.1) is 11.6 Å². The van der Waals surface area contributed by atoms with Crippen LogP contribution in [0.1, 0.15) is 61.2 Å². The number of nitrogens with zero attached hydrogens (tertiary/aromatic N) is 1. The molecule has 1 aliphatic carbocycles. The molecule has 0 spiro atoms. The van der Waals surface area contributed by atoms with Crippen LogP contribution in [0.4, 0.5) is 0 Å². The van der Waals surface area contributed by atoms with E-state index >= 15 is 0 Å². The lowest BCUT2D eigenvalue weighted by molar-refractivity contribution is 0.0967. The SMILES string of the molecule is C[C@H]1CC[C@H]2[C@H](C1)c1sc(=O)n(CC(=O)c3ccccc3)c1SC2(C)C. The summed E-state index contributed by atoms with van der Waals surface area (Å²) in [7, 11) is 0. The Morgan fingerprint density at radius 1 is 1.23 bits per heavy atom. The van der Waals surface area contributed by atoms with Crippen LogP contribution >= 0.6 is 23.1 Å². The summed E-state index contributed by atoms with van der Waals surface area (Å²) in [5, 5.41) is 1.05. The van der Waals surface area contributed by atoms with E-state index in [1.54, 1.807) is 16.3 Å². The van der Waals surface area contributed by atoms with Gasteiger partial charge in [0.2, 0.25) is 0 Å². The number of aromatic nitrogens is 1. The van der Waals surface area contributed by atoms with E-state index in [0.29, 0.717) is 23.3 Å². The molecule has 1 aliphatic heterocycles. The van der Waals surface area contributed by atoms with Crippen molar-refractivity contribution in [2.45, 2.75) is 62.3 Å². The quantitative estimate of drug-likeness (QED) is 0.680. The summed E-state index contributed by atoms with van der Waals surface area (Å²) in [6, 6.07) is 9.28. The van der Waals surface area contributed by atoms with Gasteiger partial charge in [-0.15, -0.1) is 11.8 Å². The van der Waals surface area contributed by atoms with Gasteiger partial charge in [-0.2, -0.15) is 0 Å². The average Bonchev–Trinajstić information content (AvgIpc) is 2.91. The first-order valence-electron chi connectivity index (χ1n) is 9.37. The normalized spacial score (nSPS) is 26.8. The van der Waals surface area contributed by atoms with Crippen LogP contribution in [0.3, 0.4) is 0 Å². The molecule has 26 heavy (non-hydrogen) atoms. The summed E-state index contributed by atoms with van der Waals surface area (Å²) in [5.74, 6) is 1.80. The monoisotopic (exact) mass is 387 g/mol. The average molecular weight is 388 g/mol. The van der Waals surface area contributed by atoms with Crippen molar-refractivity contribution in [2.75, 3.05) is 0 Å². The van der Waals surface area contributed by atoms with Gasteiger partial charge in [0.1, 0.15) is 0 Å². The summed E-state index contributed by atoms with van der Waals surface area (Å²) in [6.07, 6.45) is 3.68. The van der Waals surface area contributed by atoms with Gasteiger partial charge in [-0.1, -0.05) is 68.9 Å². The molecular weight excluding hydrogens is 362 g/mol. The van der Waals surface area contributed by atoms with Gasteiger partial charge in [0, 0.05) is 21.1 Å². The van der Waals surface area contributed by atoms with E-state index in [4.69, 9.17) is 0 Å². The van der Waals surface area contributed by atoms with Crippen LogP contribution in [0, 0.1) is 11.8 Å². The molecule has 4 rings (SSSR count). The molecule has 2 aliphatic rings. The first-order valence-corrected chi connectivity index (χ1v) is 11.0. The largest absolute Gasteiger partial charge is 0.308 e. The molecule has 1 fully saturated rings. The maximum absolute atomic E-state index is 12.8. The van der Waals surface area contributed by atoms with Crippen LogP contribution in [0.5, 0.6) is 0 Å². The summed E-state index contributed by atoms with van der Waals surface area (Å²) in [4.78, 5) is 26.7. The molecule has 0 saturated heterocycles. The molecule has 0 N–H and O–H groups in total. The Labute approximate surface area is 162 Å². The van der Waals surface area contributed by atoms with Crippen molar-refractivity contribution in [1.29, 1.82) is 0 Å². The highest BCUT2D eigenvalue weighted by Crippen LogP contribution is 2.58. The predicted molar refractivity (Wildman–Crippen MR) is 109 cm³/mol. The van der Waals surface area contributed by atoms with Crippen LogP contribution in [0.2, 0.25) is 0 Å². The molecule has 0 unspecified atom stereocenters. The van der Waals surface area contributed by atoms with Crippen LogP contribution in [-0.4, -0.2) is 15.1 Å². The molecular formula is C21H25NO2S2. The molecule has 0 radical (unpaired) electrons. The molecule has 3 atom stereocenters. The second kappa shape index (κ2) is 6.68. The fourth-order valence-electron chi connectivity index (χ4n) is 4.57. The van der Waals surface area contributed by atoms with Gasteiger partial charge >= 0.3 is 4.87 Å². The second-order valence-corrected chi connectivity index (χ2v) is 10.9. The first-order chi connectivity index (χ1) is 12.4. The minimum Gasteiger partial charge on any atom is -0.292 e. The number of ketones is 1. The van der Waals surface area contributed by atoms with Gasteiger partial charge < -0.3 is 0 Å². The lowest BCUT2D eigenvalue weighted by Crippen LogP contribution is -2.39. The van der Waals surface area contributed by atoms with Gasteiger partial charge in [0.15, 0.2) is 5.78 Å². The van der Waals surface area contributed by atoms with E-state index in [-0.39, 0.29) is 21.9 Å². The fourth-order valence-corrected chi connectivity index (χ4v) is 7.38. The molecule has 2 aromatic rings. The topological polar surface area (TPSA) is 39.1 Å². The third kappa shape index (κ3) is 3.09. The Morgan fingerprint density at radius 2 is 1.96 bits per heavy atom. The predicted octanol–water partition coefficient (Wildman–Crippen LogP) is 5.20. The fraction of sp³-hybridized carbons (Fsp3) is 0.524. The summed E-state index contributed by atoms with van der Waals surface area (Å²) in [5.41, 5.74) is 0.670. The molecule has 2 heterocycles. The van der Waals surface area contributed by atoms with E-state index in [1.807, 2.05) is 30.3 Å². The number of thiazole rings is 1. The van der Waals surface area contributed by atoms with Gasteiger partial charge in [-0.25, -0.2) is 0 Å². The minimum atomic E-state index is 0.00541. The van der Waals surface area contributed by atoms with Gasteiger partial charge in [-0.05, 0) is 24.7 Å². The third-order valence-electron chi connectivity index (χ3n) is 5.97. The maximum Gasteiger partial charge on any atom is 0.308 e. The van der Waals surface area contributed by atoms with Gasteiger partial charge in [0.25, 0.3) is 0 Å². The Morgan fingerprint density at radius 3 is 2.69 bits per heavy atom. The van der Waals surface area contributed by atoms with Crippen molar-refractivity contribution in [3.8, 4) is 0 Å². The van der Waals surface area contributed by atoms with Crippen molar-refractivity contribution in [2.24, 2.45) is 11.8 Å². The lowest BCUT2D eigenvalue weighted by Gasteiger charge is -2.47. The summed E-state index contributed by atoms with van der Waals surface area (Å²) < 4.78 is 1.83. The maximum atomic E-state index is 12.8. The van der Waals surface area contributed by atoms with E-state index in [9.17, 15) is 9.59 Å². The zero-order valence-corrected chi connectivity index (χ0v) is 17.2. The van der Waals surface area contributed by atoms with Crippen LogP contribution in [0.25, 0.3) is 0 Å². The number of carbonyl (C=O) groups excluding carboxylic acids is 1. The van der Waals surface area contributed by atoms with Crippen molar-refractivity contribution < 1.29 is 4.79 Å². The summed E-state index contributed by atoms with van der Waals surface area (Å²) >= 11 is 3.18. The number of carbonyl (C=O) groups is 1. The number of hydrogen-bond donors (Lipinski definition) is 0. The molecule has 0 amide bonds. The smallest absolute Gasteiger partial charge is 0.292 e. The Hall–Kier alpha value is -1.33. The number of benzene rings is 1. The number of rotatable bonds is 3. The Bertz CT molecular complexity index is 881. The van der Waals surface area contributed by atoms with Crippen LogP contribution in [0.15, 0.2) is 40.2 Å². The number of thioether (sulfide) groups is 1. The molecule has 0 bridgehead atoms.